The lowest BCUT2D eigenvalue weighted by Gasteiger charge is -2.10. The molecule has 33 heavy (non-hydrogen) atoms. The topological polar surface area (TPSA) is 104 Å². The minimum Gasteiger partial charge on any atom is -0.497 e. The predicted octanol–water partition coefficient (Wildman–Crippen LogP) is 4.14. The zero-order chi connectivity index (χ0) is 22.8. The van der Waals surface area contributed by atoms with Crippen LogP contribution in [0.2, 0.25) is 0 Å². The van der Waals surface area contributed by atoms with Gasteiger partial charge in [-0.15, -0.1) is 0 Å². The van der Waals surface area contributed by atoms with Crippen molar-refractivity contribution in [3.8, 4) is 28.7 Å². The molecule has 0 spiro atoms. The molecule has 0 unspecified atom stereocenters. The van der Waals surface area contributed by atoms with Gasteiger partial charge >= 0.3 is 0 Å². The summed E-state index contributed by atoms with van der Waals surface area (Å²) in [6.07, 6.45) is 0. The minimum absolute atomic E-state index is 0.149. The summed E-state index contributed by atoms with van der Waals surface area (Å²) in [5.41, 5.74) is 2.11. The Hall–Kier alpha value is -4.40. The van der Waals surface area contributed by atoms with Crippen LogP contribution in [0.25, 0.3) is 10.9 Å². The molecule has 0 aliphatic carbocycles. The number of carbonyl (C=O) groups excluding carboxylic acids is 1. The first kappa shape index (κ1) is 20.5. The van der Waals surface area contributed by atoms with Crippen molar-refractivity contribution >= 4 is 22.6 Å². The van der Waals surface area contributed by atoms with Gasteiger partial charge in [0.1, 0.15) is 23.9 Å². The Morgan fingerprint density at radius 3 is 2.55 bits per heavy atom. The molecule has 3 aromatic carbocycles. The molecule has 1 aliphatic rings. The number of amides is 1. The number of hydrogen-bond donors (Lipinski definition) is 2. The fraction of sp³-hybridized carbons (Fsp3) is 0.167. The summed E-state index contributed by atoms with van der Waals surface area (Å²) in [7, 11) is 3.21. The number of nitrogens with zero attached hydrogens (tertiary/aromatic N) is 1. The van der Waals surface area contributed by atoms with E-state index < -0.39 is 0 Å². The van der Waals surface area contributed by atoms with Gasteiger partial charge in [0.15, 0.2) is 17.3 Å². The molecule has 4 aromatic rings. The van der Waals surface area contributed by atoms with E-state index in [-0.39, 0.29) is 12.7 Å². The Labute approximate surface area is 189 Å². The molecule has 0 bridgehead atoms. The fourth-order valence-corrected chi connectivity index (χ4v) is 3.51. The van der Waals surface area contributed by atoms with E-state index in [1.165, 1.54) is 0 Å². The molecule has 0 saturated heterocycles. The average molecular weight is 447 g/mol. The van der Waals surface area contributed by atoms with E-state index in [0.29, 0.717) is 46.7 Å². The second-order valence-corrected chi connectivity index (χ2v) is 7.31. The highest BCUT2D eigenvalue weighted by atomic mass is 16.7. The van der Waals surface area contributed by atoms with Crippen molar-refractivity contribution < 1.29 is 28.5 Å². The van der Waals surface area contributed by atoms with Crippen LogP contribution in [-0.2, 0) is 6.61 Å². The van der Waals surface area contributed by atoms with Crippen molar-refractivity contribution in [2.24, 2.45) is 0 Å². The van der Waals surface area contributed by atoms with Crippen LogP contribution in [0.5, 0.6) is 28.7 Å². The number of nitrogens with one attached hydrogen (secondary N) is 2. The van der Waals surface area contributed by atoms with Crippen molar-refractivity contribution in [3.05, 3.63) is 65.7 Å². The molecule has 1 aromatic heterocycles. The molecular formula is C24H21N3O6. The van der Waals surface area contributed by atoms with Gasteiger partial charge in [0.25, 0.3) is 5.91 Å². The molecule has 0 radical (unpaired) electrons. The number of fused-ring (bicyclic) bond motifs is 2. The fourth-order valence-electron chi connectivity index (χ4n) is 3.51. The lowest BCUT2D eigenvalue weighted by Crippen LogP contribution is -2.12. The van der Waals surface area contributed by atoms with Gasteiger partial charge in [0.2, 0.25) is 6.79 Å². The van der Waals surface area contributed by atoms with Gasteiger partial charge in [-0.1, -0.05) is 0 Å². The van der Waals surface area contributed by atoms with Crippen LogP contribution in [0.4, 0.5) is 5.82 Å². The lowest BCUT2D eigenvalue weighted by atomic mass is 10.2. The number of aromatic nitrogens is 2. The second-order valence-electron chi connectivity index (χ2n) is 7.31. The zero-order valence-corrected chi connectivity index (χ0v) is 18.0. The van der Waals surface area contributed by atoms with Crippen LogP contribution in [0.1, 0.15) is 15.9 Å². The average Bonchev–Trinajstić information content (AvgIpc) is 3.48. The van der Waals surface area contributed by atoms with Crippen molar-refractivity contribution in [2.75, 3.05) is 26.3 Å². The number of H-pyrrole nitrogens is 1. The first-order chi connectivity index (χ1) is 16.1. The zero-order valence-electron chi connectivity index (χ0n) is 18.0. The quantitative estimate of drug-likeness (QED) is 0.439. The molecule has 2 heterocycles. The van der Waals surface area contributed by atoms with Crippen LogP contribution in [0.15, 0.2) is 54.6 Å². The minimum atomic E-state index is -0.309. The van der Waals surface area contributed by atoms with E-state index in [0.717, 1.165) is 16.5 Å². The smallest absolute Gasteiger partial charge is 0.257 e. The Morgan fingerprint density at radius 1 is 0.970 bits per heavy atom. The van der Waals surface area contributed by atoms with Crippen molar-refractivity contribution in [2.45, 2.75) is 6.61 Å². The summed E-state index contributed by atoms with van der Waals surface area (Å²) in [6.45, 7) is 0.464. The third-order valence-electron chi connectivity index (χ3n) is 5.22. The first-order valence-corrected chi connectivity index (χ1v) is 10.2. The monoisotopic (exact) mass is 447 g/mol. The number of anilines is 1. The van der Waals surface area contributed by atoms with E-state index in [4.69, 9.17) is 23.7 Å². The standard InChI is InChI=1S/C24H21N3O6/c1-29-17-7-14(8-18(10-17)30-2)12-31-16-4-5-20-19(11-16)23(27-26-20)25-24(28)15-3-6-21-22(9-15)33-13-32-21/h3-11H,12-13H2,1-2H3,(H2,25,26,27,28). The molecule has 1 amide bonds. The molecule has 5 rings (SSSR count). The maximum absolute atomic E-state index is 12.8. The number of ether oxygens (including phenoxy) is 5. The van der Waals surface area contributed by atoms with Gasteiger partial charge in [-0.25, -0.2) is 0 Å². The van der Waals surface area contributed by atoms with Crippen LogP contribution < -0.4 is 29.0 Å². The lowest BCUT2D eigenvalue weighted by molar-refractivity contribution is 0.102. The van der Waals surface area contributed by atoms with Gasteiger partial charge in [0.05, 0.1) is 19.7 Å². The van der Waals surface area contributed by atoms with E-state index in [1.54, 1.807) is 38.5 Å². The van der Waals surface area contributed by atoms with Gasteiger partial charge in [-0.3, -0.25) is 9.89 Å². The molecule has 9 heteroatoms. The second kappa shape index (κ2) is 8.62. The Balaban J connectivity index is 1.33. The molecular weight excluding hydrogens is 426 g/mol. The Bertz CT molecular complexity index is 1310. The van der Waals surface area contributed by atoms with E-state index >= 15 is 0 Å². The summed E-state index contributed by atoms with van der Waals surface area (Å²) >= 11 is 0. The molecule has 168 valence electrons. The third-order valence-corrected chi connectivity index (χ3v) is 5.22. The number of rotatable bonds is 7. The van der Waals surface area contributed by atoms with Crippen LogP contribution in [0, 0.1) is 0 Å². The van der Waals surface area contributed by atoms with Crippen molar-refractivity contribution in [1.82, 2.24) is 10.2 Å². The SMILES string of the molecule is COc1cc(COc2ccc3[nH]nc(NC(=O)c4ccc5c(c4)OCO5)c3c2)cc(OC)c1. The summed E-state index contributed by atoms with van der Waals surface area (Å²) in [5.74, 6) is 3.26. The van der Waals surface area contributed by atoms with Crippen LogP contribution >= 0.6 is 0 Å². The summed E-state index contributed by atoms with van der Waals surface area (Å²) in [6, 6.07) is 16.1. The maximum atomic E-state index is 12.8. The highest BCUT2D eigenvalue weighted by Gasteiger charge is 2.18. The van der Waals surface area contributed by atoms with Gasteiger partial charge < -0.3 is 29.0 Å². The van der Waals surface area contributed by atoms with Crippen LogP contribution in [-0.4, -0.2) is 37.1 Å². The highest BCUT2D eigenvalue weighted by molar-refractivity contribution is 6.08. The van der Waals surface area contributed by atoms with E-state index in [9.17, 15) is 4.79 Å². The number of methoxy groups -OCH3 is 2. The summed E-state index contributed by atoms with van der Waals surface area (Å²) in [4.78, 5) is 12.8. The van der Waals surface area contributed by atoms with Crippen molar-refractivity contribution in [1.29, 1.82) is 0 Å². The summed E-state index contributed by atoms with van der Waals surface area (Å²) < 4.78 is 27.2. The predicted molar refractivity (Wildman–Crippen MR) is 120 cm³/mol. The molecule has 1 aliphatic heterocycles. The molecule has 0 fully saturated rings. The number of carbonyl (C=O) groups is 1. The normalized spacial score (nSPS) is 11.9. The Kier molecular flexibility index (Phi) is 5.35. The molecule has 9 nitrogen and oxygen atoms in total. The molecule has 2 N–H and O–H groups in total. The van der Waals surface area contributed by atoms with Gasteiger partial charge in [-0.2, -0.15) is 5.10 Å². The largest absolute Gasteiger partial charge is 0.497 e. The van der Waals surface area contributed by atoms with Gasteiger partial charge in [-0.05, 0) is 54.1 Å². The van der Waals surface area contributed by atoms with Crippen molar-refractivity contribution in [3.63, 3.8) is 0 Å². The molecule has 0 saturated carbocycles. The number of benzene rings is 3. The number of aromatic amines is 1. The highest BCUT2D eigenvalue weighted by Crippen LogP contribution is 2.33. The summed E-state index contributed by atoms with van der Waals surface area (Å²) in [5, 5.41) is 10.7. The third kappa shape index (κ3) is 4.20. The maximum Gasteiger partial charge on any atom is 0.257 e. The number of hydrogen-bond acceptors (Lipinski definition) is 7. The first-order valence-electron chi connectivity index (χ1n) is 10.2. The van der Waals surface area contributed by atoms with Gasteiger partial charge in [0, 0.05) is 17.0 Å². The molecule has 0 atom stereocenters. The van der Waals surface area contributed by atoms with E-state index in [1.807, 2.05) is 30.3 Å². The van der Waals surface area contributed by atoms with Crippen LogP contribution in [0.3, 0.4) is 0 Å². The van der Waals surface area contributed by atoms with E-state index in [2.05, 4.69) is 15.5 Å². The Morgan fingerprint density at radius 2 is 1.76 bits per heavy atom.